The Morgan fingerprint density at radius 2 is 1.75 bits per heavy atom. The predicted octanol–water partition coefficient (Wildman–Crippen LogP) is 6.32. The molecule has 0 aromatic heterocycles. The lowest BCUT2D eigenvalue weighted by Crippen LogP contribution is -2.01. The smallest absolute Gasteiger partial charge is 0.0764 e. The van der Waals surface area contributed by atoms with Crippen molar-refractivity contribution in [3.8, 4) is 0 Å². The zero-order valence-corrected chi connectivity index (χ0v) is 13.3. The number of nitrogens with zero attached hydrogens (tertiary/aromatic N) is 1. The number of aliphatic imine (C=N–C) groups is 1. The van der Waals surface area contributed by atoms with Crippen LogP contribution >= 0.6 is 35.0 Å². The Morgan fingerprint density at radius 3 is 2.50 bits per heavy atom. The van der Waals surface area contributed by atoms with E-state index in [1.54, 1.807) is 11.8 Å². The minimum Gasteiger partial charge on any atom is -0.257 e. The molecule has 1 aliphatic heterocycles. The molecule has 0 N–H and O–H groups in total. The van der Waals surface area contributed by atoms with E-state index in [2.05, 4.69) is 18.0 Å². The van der Waals surface area contributed by atoms with Crippen LogP contribution < -0.4 is 0 Å². The van der Waals surface area contributed by atoms with Gasteiger partial charge in [0.15, 0.2) is 0 Å². The van der Waals surface area contributed by atoms with Crippen LogP contribution in [-0.2, 0) is 0 Å². The van der Waals surface area contributed by atoms with Crippen molar-refractivity contribution < 1.29 is 0 Å². The molecule has 1 nitrogen and oxygen atoms in total. The summed E-state index contributed by atoms with van der Waals surface area (Å²) in [5.41, 5.74) is 3.14. The largest absolute Gasteiger partial charge is 0.257 e. The highest BCUT2D eigenvalue weighted by Gasteiger charge is 2.23. The maximum absolute atomic E-state index is 6.35. The van der Waals surface area contributed by atoms with Gasteiger partial charge in [0.1, 0.15) is 0 Å². The second-order valence-electron chi connectivity index (χ2n) is 4.76. The number of halogens is 2. The van der Waals surface area contributed by atoms with Crippen molar-refractivity contribution in [2.45, 2.75) is 23.5 Å². The number of thioether (sulfide) groups is 1. The first-order chi connectivity index (χ1) is 9.65. The topological polar surface area (TPSA) is 12.4 Å². The van der Waals surface area contributed by atoms with Gasteiger partial charge in [0.2, 0.25) is 0 Å². The molecule has 0 saturated carbocycles. The summed E-state index contributed by atoms with van der Waals surface area (Å²) in [6, 6.07) is 13.9. The standard InChI is InChI=1S/C16H13Cl2NS/c1-10-9-15(16-11(17)5-4-6-12(16)18)20-14-8-3-2-7-13(14)19-10/h2-8,15H,9H2,1H3/t15-/m0/s1. The van der Waals surface area contributed by atoms with Crippen LogP contribution in [0.3, 0.4) is 0 Å². The van der Waals surface area contributed by atoms with Gasteiger partial charge < -0.3 is 0 Å². The minimum absolute atomic E-state index is 0.198. The highest BCUT2D eigenvalue weighted by atomic mass is 35.5. The molecule has 0 spiro atoms. The van der Waals surface area contributed by atoms with Gasteiger partial charge in [-0.15, -0.1) is 11.8 Å². The van der Waals surface area contributed by atoms with Crippen molar-refractivity contribution >= 4 is 46.4 Å². The Hall–Kier alpha value is -0.960. The van der Waals surface area contributed by atoms with Gasteiger partial charge in [-0.2, -0.15) is 0 Å². The second-order valence-corrected chi connectivity index (χ2v) is 6.82. The lowest BCUT2D eigenvalue weighted by molar-refractivity contribution is 1.01. The molecular weight excluding hydrogens is 309 g/mol. The highest BCUT2D eigenvalue weighted by molar-refractivity contribution is 7.99. The molecule has 0 aliphatic carbocycles. The van der Waals surface area contributed by atoms with Crippen LogP contribution in [0.5, 0.6) is 0 Å². The van der Waals surface area contributed by atoms with Crippen molar-refractivity contribution in [1.82, 2.24) is 0 Å². The van der Waals surface area contributed by atoms with Gasteiger partial charge in [-0.3, -0.25) is 4.99 Å². The molecule has 0 unspecified atom stereocenters. The molecule has 20 heavy (non-hydrogen) atoms. The molecule has 3 rings (SSSR count). The van der Waals surface area contributed by atoms with Crippen LogP contribution in [0.15, 0.2) is 52.4 Å². The molecule has 2 aromatic carbocycles. The molecular formula is C16H13Cl2NS. The Labute approximate surface area is 133 Å². The van der Waals surface area contributed by atoms with E-state index in [1.807, 2.05) is 36.4 Å². The Bertz CT molecular complexity index is 662. The van der Waals surface area contributed by atoms with Crippen LogP contribution in [0.2, 0.25) is 10.0 Å². The molecule has 0 amide bonds. The molecule has 102 valence electrons. The summed E-state index contributed by atoms with van der Waals surface area (Å²) >= 11 is 14.5. The van der Waals surface area contributed by atoms with E-state index in [1.165, 1.54) is 4.90 Å². The second kappa shape index (κ2) is 5.80. The molecule has 2 aromatic rings. The van der Waals surface area contributed by atoms with E-state index in [0.717, 1.165) is 33.4 Å². The highest BCUT2D eigenvalue weighted by Crippen LogP contribution is 2.48. The van der Waals surface area contributed by atoms with E-state index in [0.29, 0.717) is 0 Å². The van der Waals surface area contributed by atoms with Crippen LogP contribution in [0.25, 0.3) is 0 Å². The third-order valence-corrected chi connectivity index (χ3v) is 5.19. The van der Waals surface area contributed by atoms with Crippen molar-refractivity contribution in [3.63, 3.8) is 0 Å². The van der Waals surface area contributed by atoms with Crippen molar-refractivity contribution in [1.29, 1.82) is 0 Å². The predicted molar refractivity (Wildman–Crippen MR) is 88.9 cm³/mol. The monoisotopic (exact) mass is 321 g/mol. The SMILES string of the molecule is CC1=Nc2ccccc2S[C@H](c2c(Cl)cccc2Cl)C1. The van der Waals surface area contributed by atoms with Gasteiger partial charge in [-0.1, -0.05) is 41.4 Å². The summed E-state index contributed by atoms with van der Waals surface area (Å²) in [7, 11) is 0. The van der Waals surface area contributed by atoms with Gasteiger partial charge in [-0.05, 0) is 31.2 Å². The molecule has 4 heteroatoms. The van der Waals surface area contributed by atoms with E-state index in [-0.39, 0.29) is 5.25 Å². The van der Waals surface area contributed by atoms with Crippen molar-refractivity contribution in [2.24, 2.45) is 4.99 Å². The third-order valence-electron chi connectivity index (χ3n) is 3.25. The molecule has 1 heterocycles. The first kappa shape index (κ1) is 14.0. The Balaban J connectivity index is 2.07. The first-order valence-electron chi connectivity index (χ1n) is 6.39. The van der Waals surface area contributed by atoms with Crippen LogP contribution in [0.4, 0.5) is 5.69 Å². The number of benzene rings is 2. The van der Waals surface area contributed by atoms with Crippen LogP contribution in [-0.4, -0.2) is 5.71 Å². The lowest BCUT2D eigenvalue weighted by Gasteiger charge is -2.18. The summed E-state index contributed by atoms with van der Waals surface area (Å²) in [6.07, 6.45) is 0.850. The molecule has 1 atom stereocenters. The zero-order chi connectivity index (χ0) is 14.1. The molecule has 0 fully saturated rings. The normalized spacial score (nSPS) is 18.1. The summed E-state index contributed by atoms with van der Waals surface area (Å²) in [5, 5.41) is 1.65. The zero-order valence-electron chi connectivity index (χ0n) is 10.9. The molecule has 0 saturated heterocycles. The first-order valence-corrected chi connectivity index (χ1v) is 8.02. The number of para-hydroxylation sites is 1. The van der Waals surface area contributed by atoms with Crippen LogP contribution in [0.1, 0.15) is 24.2 Å². The van der Waals surface area contributed by atoms with Crippen LogP contribution in [0, 0.1) is 0 Å². The average Bonchev–Trinajstić information content (AvgIpc) is 2.56. The van der Waals surface area contributed by atoms with Gasteiger partial charge in [-0.25, -0.2) is 0 Å². The van der Waals surface area contributed by atoms with Crippen molar-refractivity contribution in [2.75, 3.05) is 0 Å². The van der Waals surface area contributed by atoms with Gasteiger partial charge in [0.05, 0.1) is 5.69 Å². The Morgan fingerprint density at radius 1 is 1.05 bits per heavy atom. The quantitative estimate of drug-likeness (QED) is 0.598. The van der Waals surface area contributed by atoms with E-state index >= 15 is 0 Å². The van der Waals surface area contributed by atoms with Gasteiger partial charge in [0, 0.05) is 37.9 Å². The van der Waals surface area contributed by atoms with Gasteiger partial charge in [0.25, 0.3) is 0 Å². The summed E-state index contributed by atoms with van der Waals surface area (Å²) in [4.78, 5) is 5.86. The number of rotatable bonds is 1. The summed E-state index contributed by atoms with van der Waals surface area (Å²) < 4.78 is 0. The van der Waals surface area contributed by atoms with Gasteiger partial charge >= 0.3 is 0 Å². The molecule has 1 aliphatic rings. The van der Waals surface area contributed by atoms with E-state index in [4.69, 9.17) is 23.2 Å². The maximum Gasteiger partial charge on any atom is 0.0764 e. The molecule has 0 radical (unpaired) electrons. The fourth-order valence-electron chi connectivity index (χ4n) is 2.34. The fraction of sp³-hybridized carbons (Fsp3) is 0.188. The molecule has 0 bridgehead atoms. The number of hydrogen-bond donors (Lipinski definition) is 0. The lowest BCUT2D eigenvalue weighted by atomic mass is 10.1. The summed E-state index contributed by atoms with van der Waals surface area (Å²) in [6.45, 7) is 2.06. The Kier molecular flexibility index (Phi) is 4.06. The third kappa shape index (κ3) is 2.73. The fourth-order valence-corrected chi connectivity index (χ4v) is 4.53. The number of hydrogen-bond acceptors (Lipinski definition) is 2. The minimum atomic E-state index is 0.198. The van der Waals surface area contributed by atoms with E-state index in [9.17, 15) is 0 Å². The average molecular weight is 322 g/mol. The summed E-state index contributed by atoms with van der Waals surface area (Å²) in [5.74, 6) is 0. The number of fused-ring (bicyclic) bond motifs is 1. The van der Waals surface area contributed by atoms with E-state index < -0.39 is 0 Å². The van der Waals surface area contributed by atoms with Crippen molar-refractivity contribution in [3.05, 3.63) is 58.1 Å². The maximum atomic E-state index is 6.35.